The molecule has 0 radical (unpaired) electrons. The average Bonchev–Trinajstić information content (AvgIpc) is 2.66. The molecule has 1 aromatic rings. The van der Waals surface area contributed by atoms with Crippen LogP contribution in [0.25, 0.3) is 0 Å². The third-order valence-electron chi connectivity index (χ3n) is 3.61. The molecule has 18 heavy (non-hydrogen) atoms. The Kier molecular flexibility index (Phi) is 4.23. The summed E-state index contributed by atoms with van der Waals surface area (Å²) < 4.78 is 0. The van der Waals surface area contributed by atoms with E-state index in [1.807, 2.05) is 6.20 Å². The molecule has 1 aromatic heterocycles. The molecule has 0 aromatic carbocycles. The molecule has 0 spiro atoms. The molecule has 0 bridgehead atoms. The molecule has 1 fully saturated rings. The first kappa shape index (κ1) is 13.3. The molecule has 3 nitrogen and oxygen atoms in total. The minimum atomic E-state index is 0.501. The Morgan fingerprint density at radius 2 is 2.22 bits per heavy atom. The Morgan fingerprint density at radius 1 is 1.44 bits per heavy atom. The zero-order valence-electron chi connectivity index (χ0n) is 12.0. The zero-order chi connectivity index (χ0) is 13.1. The normalized spacial score (nSPS) is 23.9. The highest BCUT2D eigenvalue weighted by Crippen LogP contribution is 2.28. The fraction of sp³-hybridized carbons (Fsp3) is 0.667. The van der Waals surface area contributed by atoms with Gasteiger partial charge in [-0.05, 0) is 31.4 Å². The van der Waals surface area contributed by atoms with E-state index in [-0.39, 0.29) is 0 Å². The number of nitrogens with one attached hydrogen (secondary N) is 1. The lowest BCUT2D eigenvalue weighted by Gasteiger charge is -2.24. The van der Waals surface area contributed by atoms with Crippen LogP contribution in [0.3, 0.4) is 0 Å². The largest absolute Gasteiger partial charge is 0.368 e. The van der Waals surface area contributed by atoms with E-state index in [2.05, 4.69) is 55.0 Å². The van der Waals surface area contributed by atoms with E-state index in [1.54, 1.807) is 0 Å². The third kappa shape index (κ3) is 3.22. The van der Waals surface area contributed by atoms with Crippen LogP contribution in [-0.4, -0.2) is 23.6 Å². The van der Waals surface area contributed by atoms with Crippen molar-refractivity contribution in [3.8, 4) is 0 Å². The second kappa shape index (κ2) is 5.70. The van der Waals surface area contributed by atoms with E-state index < -0.39 is 0 Å². The van der Waals surface area contributed by atoms with E-state index in [1.165, 1.54) is 18.7 Å². The Morgan fingerprint density at radius 3 is 2.83 bits per heavy atom. The predicted molar refractivity (Wildman–Crippen MR) is 76.8 cm³/mol. The van der Waals surface area contributed by atoms with Gasteiger partial charge in [-0.15, -0.1) is 0 Å². The van der Waals surface area contributed by atoms with Gasteiger partial charge in [-0.25, -0.2) is 0 Å². The molecule has 2 heterocycles. The monoisotopic (exact) mass is 247 g/mol. The minimum Gasteiger partial charge on any atom is -0.368 e. The van der Waals surface area contributed by atoms with Crippen LogP contribution in [0.5, 0.6) is 0 Å². The maximum atomic E-state index is 4.44. The van der Waals surface area contributed by atoms with Crippen LogP contribution in [0.4, 0.5) is 5.69 Å². The van der Waals surface area contributed by atoms with Gasteiger partial charge in [0.15, 0.2) is 0 Å². The second-order valence-electron chi connectivity index (χ2n) is 5.88. The van der Waals surface area contributed by atoms with E-state index in [0.717, 1.165) is 18.2 Å². The van der Waals surface area contributed by atoms with E-state index in [9.17, 15) is 0 Å². The predicted octanol–water partition coefficient (Wildman–Crippen LogP) is 2.81. The molecule has 1 N–H and O–H groups in total. The van der Waals surface area contributed by atoms with Crippen LogP contribution in [0.1, 0.15) is 39.8 Å². The summed E-state index contributed by atoms with van der Waals surface area (Å²) in [7, 11) is 0. The number of aromatic nitrogens is 1. The van der Waals surface area contributed by atoms with Crippen molar-refractivity contribution in [1.29, 1.82) is 0 Å². The number of hydrogen-bond acceptors (Lipinski definition) is 3. The van der Waals surface area contributed by atoms with Crippen molar-refractivity contribution < 1.29 is 0 Å². The van der Waals surface area contributed by atoms with Gasteiger partial charge in [0.1, 0.15) is 0 Å². The van der Waals surface area contributed by atoms with Crippen LogP contribution < -0.4 is 10.2 Å². The molecule has 0 saturated carbocycles. The van der Waals surface area contributed by atoms with Crippen LogP contribution in [0.15, 0.2) is 18.3 Å². The summed E-state index contributed by atoms with van der Waals surface area (Å²) in [6.07, 6.45) is 3.23. The maximum Gasteiger partial charge on any atom is 0.0562 e. The molecule has 100 valence electrons. The Balaban J connectivity index is 2.07. The first-order chi connectivity index (χ1) is 8.56. The molecule has 2 rings (SSSR count). The van der Waals surface area contributed by atoms with Crippen molar-refractivity contribution in [2.24, 2.45) is 5.92 Å². The average molecular weight is 247 g/mol. The van der Waals surface area contributed by atoms with E-state index >= 15 is 0 Å². The van der Waals surface area contributed by atoms with Crippen LogP contribution in [0, 0.1) is 5.92 Å². The van der Waals surface area contributed by atoms with Gasteiger partial charge in [0.05, 0.1) is 5.69 Å². The molecule has 3 heteroatoms. The molecule has 2 atom stereocenters. The highest BCUT2D eigenvalue weighted by Gasteiger charge is 2.26. The van der Waals surface area contributed by atoms with Gasteiger partial charge in [-0.1, -0.05) is 20.8 Å². The summed E-state index contributed by atoms with van der Waals surface area (Å²) in [6, 6.07) is 5.51. The lowest BCUT2D eigenvalue weighted by atomic mass is 10.1. The molecule has 1 aliphatic heterocycles. The maximum absolute atomic E-state index is 4.44. The van der Waals surface area contributed by atoms with Gasteiger partial charge in [0.2, 0.25) is 0 Å². The van der Waals surface area contributed by atoms with Crippen LogP contribution >= 0.6 is 0 Å². The fourth-order valence-electron chi connectivity index (χ4n) is 2.71. The van der Waals surface area contributed by atoms with Gasteiger partial charge in [0, 0.05) is 37.1 Å². The number of nitrogens with zero attached hydrogens (tertiary/aromatic N) is 2. The summed E-state index contributed by atoms with van der Waals surface area (Å²) in [5, 5.41) is 3.42. The summed E-state index contributed by atoms with van der Waals surface area (Å²) in [4.78, 5) is 6.94. The summed E-state index contributed by atoms with van der Waals surface area (Å²) in [6.45, 7) is 11.0. The number of anilines is 1. The number of rotatable bonds is 4. The van der Waals surface area contributed by atoms with Crippen molar-refractivity contribution in [3.05, 3.63) is 24.0 Å². The SMILES string of the molecule is CC1CC(C)N(c2ccnc(CNC(C)C)c2)C1. The van der Waals surface area contributed by atoms with Gasteiger partial charge in [-0.3, -0.25) is 4.98 Å². The molecule has 1 aliphatic rings. The molecule has 1 saturated heterocycles. The van der Waals surface area contributed by atoms with E-state index in [0.29, 0.717) is 12.1 Å². The van der Waals surface area contributed by atoms with Crippen molar-refractivity contribution in [3.63, 3.8) is 0 Å². The number of pyridine rings is 1. The summed E-state index contributed by atoms with van der Waals surface area (Å²) >= 11 is 0. The Bertz CT molecular complexity index is 389. The minimum absolute atomic E-state index is 0.501. The lowest BCUT2D eigenvalue weighted by Crippen LogP contribution is -2.27. The molecular weight excluding hydrogens is 222 g/mol. The van der Waals surface area contributed by atoms with E-state index in [4.69, 9.17) is 0 Å². The fourth-order valence-corrected chi connectivity index (χ4v) is 2.71. The van der Waals surface area contributed by atoms with Crippen molar-refractivity contribution >= 4 is 5.69 Å². The highest BCUT2D eigenvalue weighted by molar-refractivity contribution is 5.48. The summed E-state index contributed by atoms with van der Waals surface area (Å²) in [5.74, 6) is 0.797. The van der Waals surface area contributed by atoms with Crippen molar-refractivity contribution in [1.82, 2.24) is 10.3 Å². The smallest absolute Gasteiger partial charge is 0.0562 e. The van der Waals surface area contributed by atoms with Gasteiger partial charge in [0.25, 0.3) is 0 Å². The van der Waals surface area contributed by atoms with Gasteiger partial charge >= 0.3 is 0 Å². The summed E-state index contributed by atoms with van der Waals surface area (Å²) in [5.41, 5.74) is 2.45. The Labute approximate surface area is 111 Å². The molecule has 2 unspecified atom stereocenters. The van der Waals surface area contributed by atoms with Gasteiger partial charge < -0.3 is 10.2 Å². The first-order valence-electron chi connectivity index (χ1n) is 7.01. The standard InChI is InChI=1S/C15H25N3/c1-11(2)17-9-14-8-15(5-6-16-14)18-10-12(3)7-13(18)4/h5-6,8,11-13,17H,7,9-10H2,1-4H3. The number of hydrogen-bond donors (Lipinski definition) is 1. The molecular formula is C15H25N3. The van der Waals surface area contributed by atoms with Crippen molar-refractivity contribution in [2.45, 2.75) is 52.7 Å². The third-order valence-corrected chi connectivity index (χ3v) is 3.61. The lowest BCUT2D eigenvalue weighted by molar-refractivity contribution is 0.581. The van der Waals surface area contributed by atoms with Crippen LogP contribution in [0.2, 0.25) is 0 Å². The topological polar surface area (TPSA) is 28.2 Å². The molecule has 0 amide bonds. The van der Waals surface area contributed by atoms with Crippen molar-refractivity contribution in [2.75, 3.05) is 11.4 Å². The van der Waals surface area contributed by atoms with Crippen LogP contribution in [-0.2, 0) is 6.54 Å². The van der Waals surface area contributed by atoms with Gasteiger partial charge in [-0.2, -0.15) is 0 Å². The second-order valence-corrected chi connectivity index (χ2v) is 5.88. The highest BCUT2D eigenvalue weighted by atomic mass is 15.2. The molecule has 0 aliphatic carbocycles. The zero-order valence-corrected chi connectivity index (χ0v) is 12.0. The Hall–Kier alpha value is -1.09. The quantitative estimate of drug-likeness (QED) is 0.887. The first-order valence-corrected chi connectivity index (χ1v) is 7.01.